The Morgan fingerprint density at radius 3 is 3.08 bits per heavy atom. The molecule has 3 rings (SSSR count). The van der Waals surface area contributed by atoms with Crippen LogP contribution >= 0.6 is 0 Å². The number of nitrogens with zero attached hydrogens (tertiary/aromatic N) is 5. The summed E-state index contributed by atoms with van der Waals surface area (Å²) in [6.07, 6.45) is 0.385. The van der Waals surface area contributed by atoms with E-state index >= 15 is 0 Å². The first kappa shape index (κ1) is 15.9. The maximum absolute atomic E-state index is 11.3. The van der Waals surface area contributed by atoms with Crippen LogP contribution in [0.5, 0.6) is 0 Å². The molecule has 1 aromatic heterocycles. The average molecular weight is 328 g/mol. The second-order valence-corrected chi connectivity index (χ2v) is 5.37. The van der Waals surface area contributed by atoms with E-state index in [0.29, 0.717) is 31.2 Å². The molecular weight excluding hydrogens is 312 g/mol. The third-order valence-corrected chi connectivity index (χ3v) is 3.88. The van der Waals surface area contributed by atoms with Crippen LogP contribution in [0.3, 0.4) is 0 Å². The summed E-state index contributed by atoms with van der Waals surface area (Å²) in [5.74, 6) is 1.32. The molecule has 1 N–H and O–H groups in total. The van der Waals surface area contributed by atoms with Gasteiger partial charge in [-0.2, -0.15) is 10.4 Å². The fraction of sp³-hybridized carbons (Fsp3) is 0.400. The van der Waals surface area contributed by atoms with Crippen molar-refractivity contribution in [1.82, 2.24) is 15.2 Å². The minimum absolute atomic E-state index is 0.0843. The summed E-state index contributed by atoms with van der Waals surface area (Å²) in [4.78, 5) is 17.1. The van der Waals surface area contributed by atoms with Crippen LogP contribution in [0.1, 0.15) is 30.2 Å². The number of nitriles is 1. The van der Waals surface area contributed by atoms with E-state index in [1.54, 1.807) is 12.1 Å². The number of ether oxygens (including phenoxy) is 1. The molecule has 2 aromatic rings. The summed E-state index contributed by atoms with van der Waals surface area (Å²) in [7, 11) is 0. The molecule has 0 amide bonds. The lowest BCUT2D eigenvalue weighted by Gasteiger charge is -2.32. The van der Waals surface area contributed by atoms with Crippen LogP contribution in [-0.4, -0.2) is 39.8 Å². The molecule has 1 fully saturated rings. The number of rotatable bonds is 4. The lowest BCUT2D eigenvalue weighted by atomic mass is 10.1. The van der Waals surface area contributed by atoms with E-state index in [9.17, 15) is 10.1 Å². The van der Waals surface area contributed by atoms with Crippen molar-refractivity contribution in [3.63, 3.8) is 0 Å². The molecule has 1 unspecified atom stereocenters. The molecule has 1 aromatic carbocycles. The fourth-order valence-corrected chi connectivity index (χ4v) is 2.64. The van der Waals surface area contributed by atoms with Gasteiger partial charge in [0.05, 0.1) is 29.7 Å². The zero-order valence-corrected chi connectivity index (χ0v) is 13.1. The van der Waals surface area contributed by atoms with Crippen molar-refractivity contribution in [2.45, 2.75) is 19.4 Å². The summed E-state index contributed by atoms with van der Waals surface area (Å²) in [6.45, 7) is 3.32. The highest BCUT2D eigenvalue weighted by Crippen LogP contribution is 2.32. The molecule has 9 heteroatoms. The largest absolute Gasteiger partial charge is 0.366 e. The molecule has 1 atom stereocenters. The Kier molecular flexibility index (Phi) is 4.39. The quantitative estimate of drug-likeness (QED) is 0.670. The van der Waals surface area contributed by atoms with Crippen molar-refractivity contribution in [2.24, 2.45) is 0 Å². The molecule has 0 spiro atoms. The highest BCUT2D eigenvalue weighted by atomic mass is 16.6. The molecule has 1 aliphatic heterocycles. The fourth-order valence-electron chi connectivity index (χ4n) is 2.64. The first-order valence-corrected chi connectivity index (χ1v) is 7.58. The number of hydrogen-bond acceptors (Lipinski definition) is 7. The van der Waals surface area contributed by atoms with Gasteiger partial charge in [-0.25, -0.2) is 4.98 Å². The van der Waals surface area contributed by atoms with Gasteiger partial charge < -0.3 is 9.64 Å². The maximum Gasteiger partial charge on any atom is 0.293 e. The van der Waals surface area contributed by atoms with E-state index in [0.717, 1.165) is 12.2 Å². The normalized spacial score (nSPS) is 17.5. The monoisotopic (exact) mass is 328 g/mol. The summed E-state index contributed by atoms with van der Waals surface area (Å²) in [5.41, 5.74) is 0.647. The number of morpholine rings is 1. The van der Waals surface area contributed by atoms with Crippen LogP contribution in [0.25, 0.3) is 0 Å². The zero-order valence-electron chi connectivity index (χ0n) is 13.1. The van der Waals surface area contributed by atoms with Crippen LogP contribution in [-0.2, 0) is 11.2 Å². The molecule has 1 aliphatic rings. The van der Waals surface area contributed by atoms with Crippen molar-refractivity contribution < 1.29 is 9.66 Å². The molecular formula is C15H16N6O3. The zero-order chi connectivity index (χ0) is 17.1. The maximum atomic E-state index is 11.3. The van der Waals surface area contributed by atoms with Gasteiger partial charge in [-0.15, -0.1) is 0 Å². The average Bonchev–Trinajstić information content (AvgIpc) is 3.10. The van der Waals surface area contributed by atoms with Crippen molar-refractivity contribution in [2.75, 3.05) is 24.6 Å². The second kappa shape index (κ2) is 6.64. The molecule has 9 nitrogen and oxygen atoms in total. The lowest BCUT2D eigenvalue weighted by molar-refractivity contribution is -0.384. The van der Waals surface area contributed by atoms with Crippen molar-refractivity contribution >= 4 is 11.4 Å². The van der Waals surface area contributed by atoms with Crippen LogP contribution < -0.4 is 4.90 Å². The Hall–Kier alpha value is -2.99. The molecule has 0 bridgehead atoms. The molecule has 2 heterocycles. The SMILES string of the molecule is CCc1nc(C2CN(c3ccc(C#N)cc3[N+](=O)[O-])CCO2)n[nH]1. The van der Waals surface area contributed by atoms with Crippen LogP contribution in [0.15, 0.2) is 18.2 Å². The molecule has 0 saturated carbocycles. The van der Waals surface area contributed by atoms with E-state index in [1.165, 1.54) is 6.07 Å². The van der Waals surface area contributed by atoms with Gasteiger partial charge in [0.15, 0.2) is 5.82 Å². The minimum Gasteiger partial charge on any atom is -0.366 e. The number of nitro benzene ring substituents is 1. The number of aromatic amines is 1. The predicted molar refractivity (Wildman–Crippen MR) is 84.5 cm³/mol. The van der Waals surface area contributed by atoms with Gasteiger partial charge in [-0.05, 0) is 12.1 Å². The first-order valence-electron chi connectivity index (χ1n) is 7.58. The third kappa shape index (κ3) is 3.04. The van der Waals surface area contributed by atoms with Gasteiger partial charge in [0, 0.05) is 19.0 Å². The molecule has 0 aliphatic carbocycles. The van der Waals surface area contributed by atoms with E-state index in [2.05, 4.69) is 15.2 Å². The highest BCUT2D eigenvalue weighted by molar-refractivity contribution is 5.66. The van der Waals surface area contributed by atoms with Gasteiger partial charge in [-0.3, -0.25) is 15.2 Å². The summed E-state index contributed by atoms with van der Waals surface area (Å²) >= 11 is 0. The van der Waals surface area contributed by atoms with Gasteiger partial charge in [0.2, 0.25) is 0 Å². The van der Waals surface area contributed by atoms with E-state index in [1.807, 2.05) is 17.9 Å². The van der Waals surface area contributed by atoms with E-state index in [4.69, 9.17) is 10.00 Å². The summed E-state index contributed by atoms with van der Waals surface area (Å²) in [6, 6.07) is 6.40. The van der Waals surface area contributed by atoms with Gasteiger partial charge in [0.1, 0.15) is 17.6 Å². The lowest BCUT2D eigenvalue weighted by Crippen LogP contribution is -2.39. The Labute approximate surface area is 138 Å². The predicted octanol–water partition coefficient (Wildman–Crippen LogP) is 1.72. The van der Waals surface area contributed by atoms with Crippen molar-refractivity contribution in [3.8, 4) is 6.07 Å². The van der Waals surface area contributed by atoms with E-state index < -0.39 is 4.92 Å². The Morgan fingerprint density at radius 2 is 2.42 bits per heavy atom. The molecule has 124 valence electrons. The molecule has 1 saturated heterocycles. The molecule has 0 radical (unpaired) electrons. The topological polar surface area (TPSA) is 121 Å². The number of nitrogens with one attached hydrogen (secondary N) is 1. The number of anilines is 1. The third-order valence-electron chi connectivity index (χ3n) is 3.88. The van der Waals surface area contributed by atoms with Crippen molar-refractivity contribution in [3.05, 3.63) is 45.5 Å². The standard InChI is InChI=1S/C15H16N6O3/c1-2-14-17-15(19-18-14)13-9-20(5-6-24-13)11-4-3-10(8-16)7-12(11)21(22)23/h3-4,7,13H,2,5-6,9H2,1H3,(H,17,18,19). The number of aryl methyl sites for hydroxylation is 1. The summed E-state index contributed by atoms with van der Waals surface area (Å²) < 4.78 is 5.71. The van der Waals surface area contributed by atoms with Gasteiger partial charge in [-0.1, -0.05) is 6.92 Å². The smallest absolute Gasteiger partial charge is 0.293 e. The Bertz CT molecular complexity index is 797. The second-order valence-electron chi connectivity index (χ2n) is 5.37. The number of H-pyrrole nitrogens is 1. The highest BCUT2D eigenvalue weighted by Gasteiger charge is 2.29. The number of aromatic nitrogens is 3. The van der Waals surface area contributed by atoms with Crippen LogP contribution in [0, 0.1) is 21.4 Å². The Balaban J connectivity index is 1.87. The van der Waals surface area contributed by atoms with Crippen LogP contribution in [0.2, 0.25) is 0 Å². The minimum atomic E-state index is -0.470. The number of nitro groups is 1. The Morgan fingerprint density at radius 1 is 1.58 bits per heavy atom. The van der Waals surface area contributed by atoms with Crippen molar-refractivity contribution in [1.29, 1.82) is 5.26 Å². The van der Waals surface area contributed by atoms with Gasteiger partial charge in [0.25, 0.3) is 5.69 Å². The van der Waals surface area contributed by atoms with Gasteiger partial charge >= 0.3 is 0 Å². The first-order chi connectivity index (χ1) is 11.6. The number of hydrogen-bond donors (Lipinski definition) is 1. The van der Waals surface area contributed by atoms with Crippen LogP contribution in [0.4, 0.5) is 11.4 Å². The number of benzene rings is 1. The van der Waals surface area contributed by atoms with E-state index in [-0.39, 0.29) is 17.4 Å². The molecule has 24 heavy (non-hydrogen) atoms. The summed E-state index contributed by atoms with van der Waals surface area (Å²) in [5, 5.41) is 27.3.